The Hall–Kier alpha value is -1.72. The van der Waals surface area contributed by atoms with Gasteiger partial charge in [0.25, 0.3) is 0 Å². The lowest BCUT2D eigenvalue weighted by Gasteiger charge is -2.09. The number of alkyl halides is 3. The van der Waals surface area contributed by atoms with Crippen LogP contribution in [0, 0.1) is 6.07 Å². The second-order valence-corrected chi connectivity index (χ2v) is 3.03. The summed E-state index contributed by atoms with van der Waals surface area (Å²) >= 11 is 0. The van der Waals surface area contributed by atoms with Crippen LogP contribution in [-0.4, -0.2) is 18.7 Å². The molecule has 0 saturated carbocycles. The summed E-state index contributed by atoms with van der Waals surface area (Å²) in [6.07, 6.45) is -4.37. The lowest BCUT2D eigenvalue weighted by Crippen LogP contribution is -2.19. The van der Waals surface area contributed by atoms with Gasteiger partial charge in [-0.2, -0.15) is 13.2 Å². The number of carbonyl (C=O) groups is 1. The summed E-state index contributed by atoms with van der Waals surface area (Å²) in [6.45, 7) is -0.0307. The molecule has 0 aliphatic heterocycles. The first-order chi connectivity index (χ1) is 7.37. The van der Waals surface area contributed by atoms with E-state index in [2.05, 4.69) is 16.1 Å². The number of rotatable bonds is 3. The molecule has 0 spiro atoms. The molecule has 1 aromatic carbocycles. The van der Waals surface area contributed by atoms with Crippen LogP contribution >= 0.6 is 0 Å². The summed E-state index contributed by atoms with van der Waals surface area (Å²) in [6, 6.07) is 6.56. The van der Waals surface area contributed by atoms with Crippen LogP contribution in [0.1, 0.15) is 6.92 Å². The fraction of sp³-hybridized carbons (Fsp3) is 0.300. The number of hydrogen-bond donors (Lipinski definition) is 1. The van der Waals surface area contributed by atoms with Crippen LogP contribution in [0.15, 0.2) is 18.2 Å². The maximum absolute atomic E-state index is 11.8. The van der Waals surface area contributed by atoms with Gasteiger partial charge in [0.1, 0.15) is 5.75 Å². The number of halogens is 3. The van der Waals surface area contributed by atoms with E-state index in [1.54, 1.807) is 0 Å². The first kappa shape index (κ1) is 12.4. The molecule has 0 bridgehead atoms. The summed E-state index contributed by atoms with van der Waals surface area (Å²) in [5, 5.41) is 2.46. The van der Waals surface area contributed by atoms with Crippen LogP contribution in [0.25, 0.3) is 0 Å². The molecule has 0 fully saturated rings. The van der Waals surface area contributed by atoms with Crippen LogP contribution in [0.5, 0.6) is 5.75 Å². The Morgan fingerprint density at radius 2 is 2.19 bits per heavy atom. The minimum Gasteiger partial charge on any atom is -0.483 e. The number of anilines is 1. The summed E-state index contributed by atoms with van der Waals surface area (Å²) in [5.41, 5.74) is 0.451. The van der Waals surface area contributed by atoms with E-state index < -0.39 is 12.8 Å². The van der Waals surface area contributed by atoms with E-state index in [4.69, 9.17) is 0 Å². The van der Waals surface area contributed by atoms with Crippen molar-refractivity contribution in [3.63, 3.8) is 0 Å². The van der Waals surface area contributed by atoms with Gasteiger partial charge in [0.2, 0.25) is 5.91 Å². The molecule has 1 aromatic rings. The molecule has 0 unspecified atom stereocenters. The highest BCUT2D eigenvalue weighted by molar-refractivity contribution is 5.88. The van der Waals surface area contributed by atoms with Crippen molar-refractivity contribution in [1.82, 2.24) is 0 Å². The quantitative estimate of drug-likeness (QED) is 0.868. The van der Waals surface area contributed by atoms with Gasteiger partial charge in [-0.05, 0) is 18.2 Å². The van der Waals surface area contributed by atoms with E-state index in [9.17, 15) is 18.0 Å². The Morgan fingerprint density at radius 3 is 2.62 bits per heavy atom. The van der Waals surface area contributed by atoms with Gasteiger partial charge in [0.05, 0.1) is 0 Å². The first-order valence-electron chi connectivity index (χ1n) is 4.36. The van der Waals surface area contributed by atoms with E-state index in [0.29, 0.717) is 5.69 Å². The summed E-state index contributed by atoms with van der Waals surface area (Å²) in [7, 11) is 0. The summed E-state index contributed by atoms with van der Waals surface area (Å²) in [5.74, 6) is -0.288. The van der Waals surface area contributed by atoms with Gasteiger partial charge in [0.15, 0.2) is 6.61 Å². The van der Waals surface area contributed by atoms with Crippen LogP contribution < -0.4 is 10.1 Å². The van der Waals surface area contributed by atoms with E-state index >= 15 is 0 Å². The van der Waals surface area contributed by atoms with Crippen molar-refractivity contribution in [3.8, 4) is 5.75 Å². The minimum atomic E-state index is -4.37. The zero-order valence-corrected chi connectivity index (χ0v) is 8.39. The number of ether oxygens (including phenoxy) is 1. The number of benzene rings is 1. The zero-order valence-electron chi connectivity index (χ0n) is 8.39. The first-order valence-corrected chi connectivity index (χ1v) is 4.36. The highest BCUT2D eigenvalue weighted by Crippen LogP contribution is 2.19. The Kier molecular flexibility index (Phi) is 3.76. The van der Waals surface area contributed by atoms with E-state index in [-0.39, 0.29) is 11.7 Å². The third-order valence-electron chi connectivity index (χ3n) is 1.50. The van der Waals surface area contributed by atoms with Crippen molar-refractivity contribution >= 4 is 11.6 Å². The number of carbonyl (C=O) groups excluding carboxylic acids is 1. The third kappa shape index (κ3) is 4.68. The minimum absolute atomic E-state index is 0.0218. The number of nitrogens with one attached hydrogen (secondary N) is 1. The Morgan fingerprint density at radius 1 is 1.50 bits per heavy atom. The molecular weight excluding hydrogens is 223 g/mol. The normalized spacial score (nSPS) is 11.0. The number of hydrogen-bond acceptors (Lipinski definition) is 2. The third-order valence-corrected chi connectivity index (χ3v) is 1.50. The van der Waals surface area contributed by atoms with Gasteiger partial charge < -0.3 is 10.1 Å². The van der Waals surface area contributed by atoms with Crippen molar-refractivity contribution in [2.45, 2.75) is 13.1 Å². The summed E-state index contributed by atoms with van der Waals surface area (Å²) in [4.78, 5) is 10.7. The average Bonchev–Trinajstić information content (AvgIpc) is 2.14. The monoisotopic (exact) mass is 232 g/mol. The van der Waals surface area contributed by atoms with Crippen LogP contribution in [0.2, 0.25) is 0 Å². The predicted octanol–water partition coefficient (Wildman–Crippen LogP) is 2.39. The SMILES string of the molecule is CC(=O)Nc1c[c]c(OCC(F)(F)F)cc1. The molecule has 0 heterocycles. The van der Waals surface area contributed by atoms with Crippen LogP contribution in [0.3, 0.4) is 0 Å². The predicted molar refractivity (Wildman–Crippen MR) is 51.1 cm³/mol. The molecule has 0 aromatic heterocycles. The van der Waals surface area contributed by atoms with Crippen molar-refractivity contribution < 1.29 is 22.7 Å². The molecule has 16 heavy (non-hydrogen) atoms. The fourth-order valence-corrected chi connectivity index (χ4v) is 0.941. The zero-order chi connectivity index (χ0) is 12.2. The average molecular weight is 232 g/mol. The highest BCUT2D eigenvalue weighted by Gasteiger charge is 2.28. The van der Waals surface area contributed by atoms with Gasteiger partial charge in [-0.3, -0.25) is 4.79 Å². The van der Waals surface area contributed by atoms with Crippen molar-refractivity contribution in [1.29, 1.82) is 0 Å². The van der Waals surface area contributed by atoms with Crippen LogP contribution in [0.4, 0.5) is 18.9 Å². The molecule has 1 rings (SSSR count). The molecular formula is C10H9F3NO2. The smallest absolute Gasteiger partial charge is 0.422 e. The van der Waals surface area contributed by atoms with E-state index in [0.717, 1.165) is 0 Å². The molecule has 1 amide bonds. The molecule has 1 N–H and O–H groups in total. The maximum atomic E-state index is 11.8. The summed E-state index contributed by atoms with van der Waals surface area (Å²) < 4.78 is 39.8. The second-order valence-electron chi connectivity index (χ2n) is 3.03. The second kappa shape index (κ2) is 4.87. The van der Waals surface area contributed by atoms with E-state index in [1.165, 1.54) is 25.1 Å². The standard InChI is InChI=1S/C10H9F3NO2/c1-7(15)14-8-2-4-9(5-3-8)16-6-10(11,12)13/h2-4H,6H2,1H3,(H,14,15). The van der Waals surface area contributed by atoms with Gasteiger partial charge in [-0.25, -0.2) is 0 Å². The van der Waals surface area contributed by atoms with Crippen molar-refractivity contribution in [2.75, 3.05) is 11.9 Å². The molecule has 0 saturated heterocycles. The molecule has 0 aliphatic rings. The lowest BCUT2D eigenvalue weighted by molar-refractivity contribution is -0.153. The van der Waals surface area contributed by atoms with Crippen molar-refractivity contribution in [2.24, 2.45) is 0 Å². The molecule has 1 radical (unpaired) electrons. The van der Waals surface area contributed by atoms with Gasteiger partial charge in [0, 0.05) is 18.7 Å². The largest absolute Gasteiger partial charge is 0.483 e. The highest BCUT2D eigenvalue weighted by atomic mass is 19.4. The lowest BCUT2D eigenvalue weighted by atomic mass is 10.3. The van der Waals surface area contributed by atoms with Gasteiger partial charge in [-0.15, -0.1) is 0 Å². The molecule has 0 atom stereocenters. The van der Waals surface area contributed by atoms with Crippen molar-refractivity contribution in [3.05, 3.63) is 24.3 Å². The Balaban J connectivity index is 2.55. The maximum Gasteiger partial charge on any atom is 0.422 e. The topological polar surface area (TPSA) is 38.3 Å². The molecule has 87 valence electrons. The molecule has 6 heteroatoms. The van der Waals surface area contributed by atoms with Crippen LogP contribution in [-0.2, 0) is 4.79 Å². The number of amides is 1. The Bertz CT molecular complexity index is 359. The van der Waals surface area contributed by atoms with Gasteiger partial charge >= 0.3 is 6.18 Å². The molecule has 3 nitrogen and oxygen atoms in total. The fourth-order valence-electron chi connectivity index (χ4n) is 0.941. The van der Waals surface area contributed by atoms with Gasteiger partial charge in [-0.1, -0.05) is 0 Å². The molecule has 0 aliphatic carbocycles. The Labute approximate surface area is 90.2 Å². The van der Waals surface area contributed by atoms with E-state index in [1.807, 2.05) is 0 Å².